The second-order valence-electron chi connectivity index (χ2n) is 12.6. The average molecular weight is 623 g/mol. The summed E-state index contributed by atoms with van der Waals surface area (Å²) in [5.41, 5.74) is 0.255. The van der Waals surface area contributed by atoms with E-state index < -0.39 is 53.6 Å². The number of carbonyl (C=O) groups excluding carboxylic acids is 4. The molecule has 11 heteroatoms. The van der Waals surface area contributed by atoms with E-state index in [0.29, 0.717) is 12.1 Å². The van der Waals surface area contributed by atoms with Crippen LogP contribution in [0, 0.1) is 17.8 Å². The van der Waals surface area contributed by atoms with Gasteiger partial charge in [0.2, 0.25) is 11.8 Å². The number of fused-ring (bicyclic) bond motifs is 2. The molecule has 45 heavy (non-hydrogen) atoms. The minimum Gasteiger partial charge on any atom is -0.460 e. The molecule has 2 N–H and O–H groups in total. The largest absolute Gasteiger partial charge is 0.460 e. The Kier molecular flexibility index (Phi) is 9.69. The van der Waals surface area contributed by atoms with Crippen LogP contribution in [-0.4, -0.2) is 96.4 Å². The second-order valence-corrected chi connectivity index (χ2v) is 12.6. The predicted molar refractivity (Wildman–Crippen MR) is 169 cm³/mol. The number of aliphatic hydroxyl groups is 1. The van der Waals surface area contributed by atoms with Crippen molar-refractivity contribution in [1.82, 2.24) is 10.2 Å². The van der Waals surface area contributed by atoms with Crippen LogP contribution in [0.15, 0.2) is 48.6 Å². The number of esters is 1. The molecule has 244 valence electrons. The first-order valence-electron chi connectivity index (χ1n) is 16.2. The summed E-state index contributed by atoms with van der Waals surface area (Å²) < 4.78 is 12.2. The number of nitrogens with one attached hydrogen (secondary N) is 1. The number of cyclic esters (lactones) is 1. The van der Waals surface area contributed by atoms with Gasteiger partial charge in [0.15, 0.2) is 0 Å². The maximum Gasteiger partial charge on any atom is 0.313 e. The smallest absolute Gasteiger partial charge is 0.313 e. The van der Waals surface area contributed by atoms with Crippen molar-refractivity contribution in [3.8, 4) is 0 Å². The normalized spacial score (nSPS) is 31.7. The predicted octanol–water partition coefficient (Wildman–Crippen LogP) is 2.43. The Morgan fingerprint density at radius 1 is 1.07 bits per heavy atom. The topological polar surface area (TPSA) is 129 Å². The van der Waals surface area contributed by atoms with Gasteiger partial charge >= 0.3 is 5.97 Å². The molecular formula is C34H46N4O7. The average Bonchev–Trinajstić information content (AvgIpc) is 3.66. The van der Waals surface area contributed by atoms with Crippen LogP contribution in [0.4, 0.5) is 11.4 Å². The number of hydrogen-bond acceptors (Lipinski definition) is 8. The number of anilines is 2. The molecule has 5 rings (SSSR count). The number of benzene rings is 1. The molecular weight excluding hydrogens is 576 g/mol. The molecule has 11 nitrogen and oxygen atoms in total. The molecule has 0 saturated carbocycles. The van der Waals surface area contributed by atoms with Crippen molar-refractivity contribution in [2.75, 3.05) is 42.6 Å². The Hall–Kier alpha value is -3.70. The van der Waals surface area contributed by atoms with E-state index in [2.05, 4.69) is 24.1 Å². The van der Waals surface area contributed by atoms with Gasteiger partial charge in [-0.1, -0.05) is 38.2 Å². The quantitative estimate of drug-likeness (QED) is 0.351. The Bertz CT molecular complexity index is 1340. The number of hydrogen-bond donors (Lipinski definition) is 2. The van der Waals surface area contributed by atoms with Crippen LogP contribution in [0.1, 0.15) is 47.5 Å². The fraction of sp³-hybridized carbons (Fsp3) is 0.588. The molecule has 0 unspecified atom stereocenters. The zero-order valence-electron chi connectivity index (χ0n) is 26.8. The highest BCUT2D eigenvalue weighted by atomic mass is 16.6. The highest BCUT2D eigenvalue weighted by Crippen LogP contribution is 2.56. The highest BCUT2D eigenvalue weighted by Gasteiger charge is 2.74. The summed E-state index contributed by atoms with van der Waals surface area (Å²) in [6.45, 7) is 11.3. The van der Waals surface area contributed by atoms with Crippen LogP contribution in [-0.2, 0) is 28.7 Å². The van der Waals surface area contributed by atoms with E-state index in [-0.39, 0.29) is 43.8 Å². The molecule has 0 aliphatic carbocycles. The van der Waals surface area contributed by atoms with E-state index in [1.165, 1.54) is 4.90 Å². The molecule has 7 atom stereocenters. The highest BCUT2D eigenvalue weighted by molar-refractivity contribution is 6.05. The molecule has 4 aliphatic rings. The number of nitrogens with zero attached hydrogens (tertiary/aromatic N) is 3. The molecule has 0 radical (unpaired) electrons. The molecule has 2 fully saturated rings. The van der Waals surface area contributed by atoms with Crippen LogP contribution in [0.2, 0.25) is 0 Å². The van der Waals surface area contributed by atoms with Gasteiger partial charge in [-0.3, -0.25) is 19.2 Å². The number of aliphatic hydroxyl groups excluding tert-OH is 1. The standard InChI is InChI=1S/C34H46N4O7/c1-6-36(7-2)23-12-14-24(15-13-23)37-18-10-8-9-11-27(40)35-19-22(5)44-33(43)28-26-16-17-34(45-26)29(28)31(41)38(30(34)32(37)42)25(20-39)21(3)4/h8,10,12-17,21-22,25-26,28-30,39H,6-7,9,11,18-20H2,1-5H3,(H,35,40)/b10-8-/t22-,25+,26+,28-,29-,30+,34-/m1/s1. The van der Waals surface area contributed by atoms with E-state index in [1.807, 2.05) is 50.3 Å². The number of carbonyl (C=O) groups is 4. The minimum atomic E-state index is -1.40. The number of ether oxygens (including phenoxy) is 2. The number of amides is 3. The van der Waals surface area contributed by atoms with E-state index in [1.54, 1.807) is 24.0 Å². The van der Waals surface area contributed by atoms with Crippen LogP contribution in [0.25, 0.3) is 0 Å². The van der Waals surface area contributed by atoms with Crippen LogP contribution < -0.4 is 15.1 Å². The summed E-state index contributed by atoms with van der Waals surface area (Å²) in [4.78, 5) is 60.7. The molecule has 4 heterocycles. The molecule has 0 aromatic heterocycles. The SMILES string of the molecule is CCN(CC)c1ccc(N2C/C=C\CCC(=O)NC[C@@H](C)OC(=O)[C@@H]3[C@@H]4C=C[C@]5(O4)[C@H](C2=O)N([C@@H](CO)C(C)C)C(=O)[C@@H]35)cc1. The first kappa shape index (κ1) is 32.7. The van der Waals surface area contributed by atoms with Crippen LogP contribution in [0.5, 0.6) is 0 Å². The van der Waals surface area contributed by atoms with E-state index in [9.17, 15) is 24.3 Å². The van der Waals surface area contributed by atoms with Crippen molar-refractivity contribution in [3.63, 3.8) is 0 Å². The Labute approximate surface area is 265 Å². The van der Waals surface area contributed by atoms with Gasteiger partial charge in [-0.2, -0.15) is 0 Å². The van der Waals surface area contributed by atoms with Crippen molar-refractivity contribution in [1.29, 1.82) is 0 Å². The van der Waals surface area contributed by atoms with Crippen molar-refractivity contribution in [2.45, 2.75) is 77.4 Å². The van der Waals surface area contributed by atoms with Gasteiger partial charge in [-0.15, -0.1) is 0 Å². The van der Waals surface area contributed by atoms with Gasteiger partial charge in [0.25, 0.3) is 5.91 Å². The molecule has 5 bridgehead atoms. The van der Waals surface area contributed by atoms with Gasteiger partial charge in [-0.05, 0) is 57.4 Å². The maximum atomic E-state index is 14.9. The van der Waals surface area contributed by atoms with Gasteiger partial charge in [0.05, 0.1) is 31.2 Å². The van der Waals surface area contributed by atoms with Crippen LogP contribution >= 0.6 is 0 Å². The summed E-state index contributed by atoms with van der Waals surface area (Å²) in [7, 11) is 0. The lowest BCUT2D eigenvalue weighted by Crippen LogP contribution is -2.59. The Morgan fingerprint density at radius 3 is 2.42 bits per heavy atom. The lowest BCUT2D eigenvalue weighted by atomic mass is 9.74. The zero-order valence-corrected chi connectivity index (χ0v) is 26.8. The fourth-order valence-corrected chi connectivity index (χ4v) is 7.21. The third kappa shape index (κ3) is 5.88. The summed E-state index contributed by atoms with van der Waals surface area (Å²) >= 11 is 0. The van der Waals surface area contributed by atoms with E-state index in [4.69, 9.17) is 9.47 Å². The third-order valence-corrected chi connectivity index (χ3v) is 9.58. The molecule has 2 saturated heterocycles. The molecule has 1 aromatic rings. The summed E-state index contributed by atoms with van der Waals surface area (Å²) in [5.74, 6) is -3.72. The van der Waals surface area contributed by atoms with Gasteiger partial charge in [0.1, 0.15) is 23.7 Å². The monoisotopic (exact) mass is 622 g/mol. The molecule has 1 aromatic carbocycles. The number of likely N-dealkylation sites (tertiary alicyclic amines) is 1. The van der Waals surface area contributed by atoms with E-state index in [0.717, 1.165) is 18.8 Å². The first-order chi connectivity index (χ1) is 21.6. The lowest BCUT2D eigenvalue weighted by Gasteiger charge is -2.40. The molecule has 3 amide bonds. The Morgan fingerprint density at radius 2 is 1.78 bits per heavy atom. The zero-order chi connectivity index (χ0) is 32.5. The van der Waals surface area contributed by atoms with Crippen molar-refractivity contribution >= 4 is 35.1 Å². The summed E-state index contributed by atoms with van der Waals surface area (Å²) in [6.07, 6.45) is 6.55. The van der Waals surface area contributed by atoms with Gasteiger partial charge in [-0.25, -0.2) is 0 Å². The number of rotatable bonds is 7. The lowest BCUT2D eigenvalue weighted by molar-refractivity contribution is -0.159. The van der Waals surface area contributed by atoms with Crippen molar-refractivity contribution in [2.24, 2.45) is 17.8 Å². The van der Waals surface area contributed by atoms with Crippen molar-refractivity contribution < 1.29 is 33.8 Å². The second kappa shape index (κ2) is 13.3. The van der Waals surface area contributed by atoms with Gasteiger partial charge in [0, 0.05) is 37.4 Å². The summed E-state index contributed by atoms with van der Waals surface area (Å²) in [6, 6.07) is 5.92. The van der Waals surface area contributed by atoms with E-state index >= 15 is 0 Å². The van der Waals surface area contributed by atoms with Crippen LogP contribution in [0.3, 0.4) is 0 Å². The maximum absolute atomic E-state index is 14.9. The number of allylic oxidation sites excluding steroid dienone is 1. The van der Waals surface area contributed by atoms with Crippen molar-refractivity contribution in [3.05, 3.63) is 48.6 Å². The first-order valence-corrected chi connectivity index (χ1v) is 16.2. The van der Waals surface area contributed by atoms with Gasteiger partial charge < -0.3 is 34.6 Å². The third-order valence-electron chi connectivity index (χ3n) is 9.58. The molecule has 1 spiro atoms. The molecule has 4 aliphatic heterocycles. The summed E-state index contributed by atoms with van der Waals surface area (Å²) in [5, 5.41) is 13.3. The Balaban J connectivity index is 1.62. The fourth-order valence-electron chi connectivity index (χ4n) is 7.21. The minimum absolute atomic E-state index is 0.135.